The van der Waals surface area contributed by atoms with Gasteiger partial charge in [-0.15, -0.1) is 0 Å². The molecule has 0 aliphatic heterocycles. The van der Waals surface area contributed by atoms with Gasteiger partial charge in [0.1, 0.15) is 18.5 Å². The lowest BCUT2D eigenvalue weighted by Crippen LogP contribution is -2.36. The van der Waals surface area contributed by atoms with E-state index in [9.17, 15) is 4.79 Å². The van der Waals surface area contributed by atoms with Crippen molar-refractivity contribution in [1.82, 2.24) is 15.0 Å². The summed E-state index contributed by atoms with van der Waals surface area (Å²) in [5, 5.41) is 0. The first-order valence-corrected chi connectivity index (χ1v) is 5.64. The largest absolute Gasteiger partial charge is 0.377 e. The highest BCUT2D eigenvalue weighted by Gasteiger charge is 2.20. The smallest absolute Gasteiger partial charge is 0.256 e. The van der Waals surface area contributed by atoms with Crippen LogP contribution in [0.2, 0.25) is 0 Å². The topological polar surface area (TPSA) is 82.2 Å². The summed E-state index contributed by atoms with van der Waals surface area (Å²) in [4.78, 5) is 16.1. The van der Waals surface area contributed by atoms with Crippen LogP contribution in [0.3, 0.4) is 0 Å². The molecular weight excluding hydrogens is 232 g/mol. The molecule has 0 aliphatic rings. The normalized spacial score (nSPS) is 12.6. The minimum absolute atomic E-state index is 0.268. The van der Waals surface area contributed by atoms with Crippen molar-refractivity contribution in [1.29, 1.82) is 0 Å². The molecule has 0 radical (unpaired) electrons. The standard InChI is InChI=1S/C12H16N4O2/c1-8(12(17)15-13)16-10-6-4-3-5-9(10)14-11(16)7-18-2/h3-6,8H,7,13H2,1-2H3,(H,15,17). The molecule has 6 nitrogen and oxygen atoms in total. The third-order valence-electron chi connectivity index (χ3n) is 2.85. The van der Waals surface area contributed by atoms with Crippen molar-refractivity contribution in [2.45, 2.75) is 19.6 Å². The molecule has 1 aromatic carbocycles. The summed E-state index contributed by atoms with van der Waals surface area (Å²) in [6.07, 6.45) is 0. The molecule has 1 aromatic heterocycles. The molecule has 1 unspecified atom stereocenters. The number of hydrazine groups is 1. The Morgan fingerprint density at radius 3 is 2.94 bits per heavy atom. The van der Waals surface area contributed by atoms with Crippen molar-refractivity contribution >= 4 is 16.9 Å². The number of para-hydroxylation sites is 2. The monoisotopic (exact) mass is 248 g/mol. The summed E-state index contributed by atoms with van der Waals surface area (Å²) in [6, 6.07) is 7.20. The quantitative estimate of drug-likeness (QED) is 0.475. The SMILES string of the molecule is COCc1nc2ccccc2n1C(C)C(=O)NN. The van der Waals surface area contributed by atoms with Gasteiger partial charge < -0.3 is 9.30 Å². The van der Waals surface area contributed by atoms with Crippen LogP contribution in [0.1, 0.15) is 18.8 Å². The number of fused-ring (bicyclic) bond motifs is 1. The van der Waals surface area contributed by atoms with Gasteiger partial charge in [-0.2, -0.15) is 0 Å². The molecular formula is C12H16N4O2. The third-order valence-corrected chi connectivity index (χ3v) is 2.85. The Hall–Kier alpha value is -1.92. The molecule has 1 heterocycles. The highest BCUT2D eigenvalue weighted by Crippen LogP contribution is 2.21. The van der Waals surface area contributed by atoms with Crippen LogP contribution in [0.25, 0.3) is 11.0 Å². The fourth-order valence-electron chi connectivity index (χ4n) is 2.00. The second-order valence-corrected chi connectivity index (χ2v) is 4.00. The van der Waals surface area contributed by atoms with E-state index in [1.54, 1.807) is 14.0 Å². The number of imidazole rings is 1. The molecule has 3 N–H and O–H groups in total. The van der Waals surface area contributed by atoms with E-state index in [0.717, 1.165) is 11.0 Å². The number of amides is 1. The van der Waals surface area contributed by atoms with Gasteiger partial charge >= 0.3 is 0 Å². The number of nitrogens with one attached hydrogen (secondary N) is 1. The van der Waals surface area contributed by atoms with Gasteiger partial charge in [-0.3, -0.25) is 10.2 Å². The highest BCUT2D eigenvalue weighted by atomic mass is 16.5. The molecule has 2 aromatic rings. The molecule has 96 valence electrons. The van der Waals surface area contributed by atoms with Gasteiger partial charge in [-0.25, -0.2) is 10.8 Å². The molecule has 0 fully saturated rings. The zero-order valence-corrected chi connectivity index (χ0v) is 10.4. The van der Waals surface area contributed by atoms with Crippen LogP contribution in [0.4, 0.5) is 0 Å². The Bertz CT molecular complexity index is 564. The number of benzene rings is 1. The Labute approximate surface area is 105 Å². The van der Waals surface area contributed by atoms with Crippen LogP contribution in [0.5, 0.6) is 0 Å². The first-order chi connectivity index (χ1) is 8.69. The van der Waals surface area contributed by atoms with Crippen LogP contribution < -0.4 is 11.3 Å². The maximum absolute atomic E-state index is 11.7. The summed E-state index contributed by atoms with van der Waals surface area (Å²) >= 11 is 0. The minimum atomic E-state index is -0.437. The van der Waals surface area contributed by atoms with E-state index < -0.39 is 6.04 Å². The summed E-state index contributed by atoms with van der Waals surface area (Å²) in [5.41, 5.74) is 3.88. The van der Waals surface area contributed by atoms with E-state index in [0.29, 0.717) is 12.4 Å². The Kier molecular flexibility index (Phi) is 3.59. The number of hydrogen-bond donors (Lipinski definition) is 2. The average Bonchev–Trinajstić information content (AvgIpc) is 2.75. The molecule has 2 rings (SSSR count). The Balaban J connectivity index is 2.57. The van der Waals surface area contributed by atoms with E-state index in [2.05, 4.69) is 10.4 Å². The van der Waals surface area contributed by atoms with Crippen LogP contribution in [0, 0.1) is 0 Å². The van der Waals surface area contributed by atoms with Gasteiger partial charge in [-0.05, 0) is 19.1 Å². The number of rotatable bonds is 4. The van der Waals surface area contributed by atoms with E-state index in [1.807, 2.05) is 28.8 Å². The predicted octanol–water partition coefficient (Wildman–Crippen LogP) is 0.734. The first-order valence-electron chi connectivity index (χ1n) is 5.64. The lowest BCUT2D eigenvalue weighted by atomic mass is 10.2. The van der Waals surface area contributed by atoms with Crippen LogP contribution in [-0.4, -0.2) is 22.6 Å². The summed E-state index contributed by atoms with van der Waals surface area (Å²) in [5.74, 6) is 5.62. The van der Waals surface area contributed by atoms with E-state index in [-0.39, 0.29) is 5.91 Å². The number of methoxy groups -OCH3 is 1. The van der Waals surface area contributed by atoms with Crippen LogP contribution in [-0.2, 0) is 16.1 Å². The third kappa shape index (κ3) is 2.07. The van der Waals surface area contributed by atoms with Crippen molar-refractivity contribution in [2.24, 2.45) is 5.84 Å². The molecule has 1 amide bonds. The number of carbonyl (C=O) groups is 1. The van der Waals surface area contributed by atoms with E-state index >= 15 is 0 Å². The number of nitrogens with zero attached hydrogens (tertiary/aromatic N) is 2. The lowest BCUT2D eigenvalue weighted by molar-refractivity contribution is -0.123. The lowest BCUT2D eigenvalue weighted by Gasteiger charge is -2.15. The average molecular weight is 248 g/mol. The van der Waals surface area contributed by atoms with Gasteiger partial charge in [0, 0.05) is 7.11 Å². The Morgan fingerprint density at radius 1 is 1.56 bits per heavy atom. The second kappa shape index (κ2) is 5.16. The zero-order valence-electron chi connectivity index (χ0n) is 10.4. The van der Waals surface area contributed by atoms with Gasteiger partial charge in [0.2, 0.25) is 0 Å². The van der Waals surface area contributed by atoms with Gasteiger partial charge in [-0.1, -0.05) is 12.1 Å². The van der Waals surface area contributed by atoms with Crippen molar-refractivity contribution < 1.29 is 9.53 Å². The van der Waals surface area contributed by atoms with E-state index in [1.165, 1.54) is 0 Å². The maximum Gasteiger partial charge on any atom is 0.256 e. The molecule has 0 bridgehead atoms. The summed E-state index contributed by atoms with van der Waals surface area (Å²) < 4.78 is 6.95. The van der Waals surface area contributed by atoms with E-state index in [4.69, 9.17) is 10.6 Å². The molecule has 18 heavy (non-hydrogen) atoms. The van der Waals surface area contributed by atoms with Gasteiger partial charge in [0.15, 0.2) is 0 Å². The van der Waals surface area contributed by atoms with Crippen molar-refractivity contribution in [3.8, 4) is 0 Å². The van der Waals surface area contributed by atoms with Crippen LogP contribution in [0.15, 0.2) is 24.3 Å². The predicted molar refractivity (Wildman–Crippen MR) is 67.5 cm³/mol. The van der Waals surface area contributed by atoms with Crippen LogP contribution >= 0.6 is 0 Å². The van der Waals surface area contributed by atoms with Gasteiger partial charge in [0.05, 0.1) is 11.0 Å². The highest BCUT2D eigenvalue weighted by molar-refractivity contribution is 5.83. The van der Waals surface area contributed by atoms with Crippen molar-refractivity contribution in [2.75, 3.05) is 7.11 Å². The van der Waals surface area contributed by atoms with Crippen molar-refractivity contribution in [3.63, 3.8) is 0 Å². The first kappa shape index (κ1) is 12.5. The number of hydrogen-bond acceptors (Lipinski definition) is 4. The number of ether oxygens (including phenoxy) is 1. The molecule has 0 saturated carbocycles. The Morgan fingerprint density at radius 2 is 2.28 bits per heavy atom. The van der Waals surface area contributed by atoms with Crippen molar-refractivity contribution in [3.05, 3.63) is 30.1 Å². The second-order valence-electron chi connectivity index (χ2n) is 4.00. The maximum atomic E-state index is 11.7. The molecule has 0 spiro atoms. The zero-order chi connectivity index (χ0) is 13.1. The summed E-state index contributed by atoms with van der Waals surface area (Å²) in [7, 11) is 1.59. The molecule has 0 saturated heterocycles. The molecule has 6 heteroatoms. The fraction of sp³-hybridized carbons (Fsp3) is 0.333. The minimum Gasteiger partial charge on any atom is -0.377 e. The fourth-order valence-corrected chi connectivity index (χ4v) is 2.00. The molecule has 1 atom stereocenters. The number of nitrogens with two attached hydrogens (primary N) is 1. The summed E-state index contributed by atoms with van der Waals surface area (Å²) in [6.45, 7) is 2.12. The number of carbonyl (C=O) groups excluding carboxylic acids is 1. The number of aromatic nitrogens is 2. The molecule has 0 aliphatic carbocycles. The van der Waals surface area contributed by atoms with Gasteiger partial charge in [0.25, 0.3) is 5.91 Å².